The van der Waals surface area contributed by atoms with Crippen molar-refractivity contribution in [3.8, 4) is 22.9 Å². The molecule has 0 radical (unpaired) electrons. The van der Waals surface area contributed by atoms with E-state index < -0.39 is 0 Å². The van der Waals surface area contributed by atoms with E-state index in [1.807, 2.05) is 70.2 Å². The highest BCUT2D eigenvalue weighted by atomic mass is 16.4. The monoisotopic (exact) mass is 310 g/mol. The molecule has 0 bridgehead atoms. The number of aryl methyl sites for hydroxylation is 1. The lowest BCUT2D eigenvalue weighted by molar-refractivity contribution is 0.584. The molecule has 3 rings (SSSR count). The summed E-state index contributed by atoms with van der Waals surface area (Å²) in [5, 5.41) is 8.19. The van der Waals surface area contributed by atoms with Crippen molar-refractivity contribution >= 4 is 0 Å². The Morgan fingerprint density at radius 2 is 1.17 bits per heavy atom. The molecule has 0 aliphatic carbocycles. The van der Waals surface area contributed by atoms with Crippen LogP contribution < -0.4 is 0 Å². The van der Waals surface area contributed by atoms with Crippen molar-refractivity contribution in [1.82, 2.24) is 10.2 Å². The molecule has 3 aromatic rings. The van der Waals surface area contributed by atoms with Crippen molar-refractivity contribution in [2.45, 2.75) is 41.0 Å². The van der Waals surface area contributed by atoms with Gasteiger partial charge in [0.1, 0.15) is 0 Å². The number of hydrogen-bond donors (Lipinski definition) is 0. The molecule has 0 aliphatic heterocycles. The highest BCUT2D eigenvalue weighted by Gasteiger charge is 2.09. The zero-order chi connectivity index (χ0) is 17.1. The first-order valence-electron chi connectivity index (χ1n) is 8.35. The van der Waals surface area contributed by atoms with E-state index >= 15 is 0 Å². The Balaban J connectivity index is 0.000000615. The van der Waals surface area contributed by atoms with Crippen molar-refractivity contribution in [2.75, 3.05) is 0 Å². The molecule has 3 heteroatoms. The van der Waals surface area contributed by atoms with E-state index in [0.29, 0.717) is 11.8 Å². The van der Waals surface area contributed by atoms with Gasteiger partial charge in [-0.3, -0.25) is 0 Å². The second-order valence-corrected chi connectivity index (χ2v) is 4.33. The SMILES string of the molecule is CC.CC.CCc1ccc(-c2nnc(-c3ccccc3)o2)cc1. The fourth-order valence-electron chi connectivity index (χ4n) is 1.92. The second kappa shape index (κ2) is 10.3. The van der Waals surface area contributed by atoms with Gasteiger partial charge in [0.05, 0.1) is 0 Å². The van der Waals surface area contributed by atoms with Gasteiger partial charge in [0.25, 0.3) is 0 Å². The number of benzene rings is 2. The molecule has 0 amide bonds. The molecule has 0 saturated carbocycles. The summed E-state index contributed by atoms with van der Waals surface area (Å²) in [5.41, 5.74) is 3.19. The molecular formula is C20H26N2O. The van der Waals surface area contributed by atoms with Gasteiger partial charge in [-0.25, -0.2) is 0 Å². The molecule has 0 atom stereocenters. The van der Waals surface area contributed by atoms with E-state index in [9.17, 15) is 0 Å². The van der Waals surface area contributed by atoms with Gasteiger partial charge in [-0.05, 0) is 36.2 Å². The molecule has 0 aliphatic rings. The Morgan fingerprint density at radius 1 is 0.696 bits per heavy atom. The van der Waals surface area contributed by atoms with Crippen LogP contribution >= 0.6 is 0 Å². The number of nitrogens with zero attached hydrogens (tertiary/aromatic N) is 2. The van der Waals surface area contributed by atoms with Gasteiger partial charge >= 0.3 is 0 Å². The summed E-state index contributed by atoms with van der Waals surface area (Å²) in [6, 6.07) is 18.0. The molecule has 122 valence electrons. The van der Waals surface area contributed by atoms with E-state index in [0.717, 1.165) is 17.5 Å². The Kier molecular flexibility index (Phi) is 8.37. The molecule has 0 spiro atoms. The zero-order valence-corrected chi connectivity index (χ0v) is 14.7. The molecule has 0 N–H and O–H groups in total. The summed E-state index contributed by atoms with van der Waals surface area (Å²) in [5.74, 6) is 1.11. The number of aromatic nitrogens is 2. The minimum Gasteiger partial charge on any atom is -0.416 e. The quantitative estimate of drug-likeness (QED) is 0.594. The van der Waals surface area contributed by atoms with Crippen LogP contribution in [-0.2, 0) is 6.42 Å². The summed E-state index contributed by atoms with van der Waals surface area (Å²) in [7, 11) is 0. The zero-order valence-electron chi connectivity index (χ0n) is 14.7. The summed E-state index contributed by atoms with van der Waals surface area (Å²) < 4.78 is 5.71. The number of hydrogen-bond acceptors (Lipinski definition) is 3. The van der Waals surface area contributed by atoms with Crippen LogP contribution in [0, 0.1) is 0 Å². The fraction of sp³-hybridized carbons (Fsp3) is 0.300. The fourth-order valence-corrected chi connectivity index (χ4v) is 1.92. The van der Waals surface area contributed by atoms with Crippen molar-refractivity contribution in [3.05, 3.63) is 60.2 Å². The topological polar surface area (TPSA) is 38.9 Å². The average Bonchev–Trinajstić information content (AvgIpc) is 3.16. The van der Waals surface area contributed by atoms with Gasteiger partial charge in [0.2, 0.25) is 11.8 Å². The van der Waals surface area contributed by atoms with E-state index in [1.54, 1.807) is 0 Å². The van der Waals surface area contributed by atoms with Crippen molar-refractivity contribution < 1.29 is 4.42 Å². The largest absolute Gasteiger partial charge is 0.416 e. The lowest BCUT2D eigenvalue weighted by Gasteiger charge is -1.97. The van der Waals surface area contributed by atoms with E-state index in [1.165, 1.54) is 5.56 Å². The van der Waals surface area contributed by atoms with E-state index in [4.69, 9.17) is 4.42 Å². The molecule has 0 saturated heterocycles. The Bertz CT molecular complexity index is 658. The van der Waals surface area contributed by atoms with Gasteiger partial charge in [-0.1, -0.05) is 65.0 Å². The molecule has 0 unspecified atom stereocenters. The molecule has 1 heterocycles. The lowest BCUT2D eigenvalue weighted by atomic mass is 10.1. The summed E-state index contributed by atoms with van der Waals surface area (Å²) in [6.45, 7) is 10.1. The normalized spacial score (nSPS) is 9.26. The van der Waals surface area contributed by atoms with Crippen molar-refractivity contribution in [1.29, 1.82) is 0 Å². The summed E-state index contributed by atoms with van der Waals surface area (Å²) in [6.07, 6.45) is 1.03. The van der Waals surface area contributed by atoms with Crippen molar-refractivity contribution in [2.24, 2.45) is 0 Å². The molecule has 2 aromatic carbocycles. The van der Waals surface area contributed by atoms with Crippen LogP contribution in [0.5, 0.6) is 0 Å². The van der Waals surface area contributed by atoms with Gasteiger partial charge in [0.15, 0.2) is 0 Å². The Morgan fingerprint density at radius 3 is 1.65 bits per heavy atom. The maximum atomic E-state index is 5.71. The third-order valence-corrected chi connectivity index (χ3v) is 3.05. The summed E-state index contributed by atoms with van der Waals surface area (Å²) >= 11 is 0. The second-order valence-electron chi connectivity index (χ2n) is 4.33. The van der Waals surface area contributed by atoms with Crippen molar-refractivity contribution in [3.63, 3.8) is 0 Å². The van der Waals surface area contributed by atoms with Gasteiger partial charge in [-0.2, -0.15) is 0 Å². The summed E-state index contributed by atoms with van der Waals surface area (Å²) in [4.78, 5) is 0. The average molecular weight is 310 g/mol. The highest BCUT2D eigenvalue weighted by molar-refractivity contribution is 5.57. The van der Waals surface area contributed by atoms with Crippen LogP contribution in [-0.4, -0.2) is 10.2 Å². The van der Waals surface area contributed by atoms with Crippen LogP contribution in [0.25, 0.3) is 22.9 Å². The third-order valence-electron chi connectivity index (χ3n) is 3.05. The maximum absolute atomic E-state index is 5.71. The van der Waals surface area contributed by atoms with Gasteiger partial charge in [-0.15, -0.1) is 10.2 Å². The minimum atomic E-state index is 0.551. The van der Waals surface area contributed by atoms with Crippen LogP contribution in [0.1, 0.15) is 40.2 Å². The molecule has 23 heavy (non-hydrogen) atoms. The standard InChI is InChI=1S/C16H14N2O.2C2H6/c1-2-12-8-10-14(11-9-12)16-18-17-15(19-16)13-6-4-3-5-7-13;2*1-2/h3-11H,2H2,1H3;2*1-2H3. The van der Waals surface area contributed by atoms with Crippen LogP contribution in [0.2, 0.25) is 0 Å². The maximum Gasteiger partial charge on any atom is 0.248 e. The number of rotatable bonds is 3. The first-order valence-corrected chi connectivity index (χ1v) is 8.35. The minimum absolute atomic E-state index is 0.551. The molecule has 3 nitrogen and oxygen atoms in total. The highest BCUT2D eigenvalue weighted by Crippen LogP contribution is 2.23. The predicted octanol–water partition coefficient (Wildman–Crippen LogP) is 6.02. The Hall–Kier alpha value is -2.42. The van der Waals surface area contributed by atoms with Gasteiger partial charge < -0.3 is 4.42 Å². The van der Waals surface area contributed by atoms with Crippen LogP contribution in [0.3, 0.4) is 0 Å². The van der Waals surface area contributed by atoms with Gasteiger partial charge in [0, 0.05) is 11.1 Å². The van der Waals surface area contributed by atoms with E-state index in [-0.39, 0.29) is 0 Å². The van der Waals surface area contributed by atoms with Crippen LogP contribution in [0.15, 0.2) is 59.0 Å². The molecule has 1 aromatic heterocycles. The first-order chi connectivity index (χ1) is 11.4. The lowest BCUT2D eigenvalue weighted by Crippen LogP contribution is -1.81. The molecule has 0 fully saturated rings. The predicted molar refractivity (Wildman–Crippen MR) is 97.2 cm³/mol. The smallest absolute Gasteiger partial charge is 0.248 e. The van der Waals surface area contributed by atoms with Crippen LogP contribution in [0.4, 0.5) is 0 Å². The Labute approximate surface area is 139 Å². The van der Waals surface area contributed by atoms with E-state index in [2.05, 4.69) is 29.3 Å². The first kappa shape index (κ1) is 18.6. The third kappa shape index (κ3) is 5.06. The molecular weight excluding hydrogens is 284 g/mol.